The molecule has 2 N–H and O–H groups in total. The molecule has 2 heterocycles. The molecule has 1 aromatic heterocycles. The monoisotopic (exact) mass is 431 g/mol. The first-order valence-electron chi connectivity index (χ1n) is 9.89. The Balaban J connectivity index is 1.81. The number of aromatic amines is 1. The van der Waals surface area contributed by atoms with E-state index in [0.29, 0.717) is 19.4 Å². The summed E-state index contributed by atoms with van der Waals surface area (Å²) in [5.41, 5.74) is 8.25. The molecular formula is C20H25N5O6. The molecule has 0 amide bonds. The van der Waals surface area contributed by atoms with E-state index in [1.807, 2.05) is 30.3 Å². The van der Waals surface area contributed by atoms with Gasteiger partial charge >= 0.3 is 5.69 Å². The van der Waals surface area contributed by atoms with Gasteiger partial charge in [0.25, 0.3) is 5.56 Å². The molecule has 2 aromatic rings. The van der Waals surface area contributed by atoms with Crippen LogP contribution in [0.1, 0.15) is 24.6 Å². The fourth-order valence-electron chi connectivity index (χ4n) is 3.62. The SMILES string of the molecule is CO[C@@H]1[C@H](O)[C@@H](C(CCCN=[N+]=[N-])OCc2ccccc2)O[C@H]1n1ccc(=O)[nH]c1=O. The van der Waals surface area contributed by atoms with Crippen LogP contribution in [0.4, 0.5) is 0 Å². The molecule has 0 aliphatic carbocycles. The largest absolute Gasteiger partial charge is 0.387 e. The van der Waals surface area contributed by atoms with E-state index in [1.54, 1.807) is 0 Å². The number of methoxy groups -OCH3 is 1. The van der Waals surface area contributed by atoms with Gasteiger partial charge in [-0.2, -0.15) is 0 Å². The molecule has 3 rings (SSSR count). The number of nitrogens with zero attached hydrogens (tertiary/aromatic N) is 4. The van der Waals surface area contributed by atoms with Gasteiger partial charge in [-0.3, -0.25) is 14.3 Å². The highest BCUT2D eigenvalue weighted by molar-refractivity contribution is 5.13. The Labute approximate surface area is 177 Å². The lowest BCUT2D eigenvalue weighted by Crippen LogP contribution is -2.41. The Morgan fingerprint density at radius 3 is 2.77 bits per heavy atom. The average molecular weight is 431 g/mol. The van der Waals surface area contributed by atoms with Gasteiger partial charge in [0.15, 0.2) is 6.23 Å². The first-order valence-corrected chi connectivity index (χ1v) is 9.89. The maximum absolute atomic E-state index is 12.2. The lowest BCUT2D eigenvalue weighted by atomic mass is 10.0. The number of hydrogen-bond acceptors (Lipinski definition) is 7. The van der Waals surface area contributed by atoms with Crippen LogP contribution in [0.3, 0.4) is 0 Å². The van der Waals surface area contributed by atoms with Crippen LogP contribution in [0, 0.1) is 0 Å². The first-order chi connectivity index (χ1) is 15.0. The Morgan fingerprint density at radius 2 is 2.10 bits per heavy atom. The van der Waals surface area contributed by atoms with Crippen molar-refractivity contribution in [3.05, 3.63) is 79.4 Å². The molecule has 31 heavy (non-hydrogen) atoms. The number of aliphatic hydroxyl groups excluding tert-OH is 1. The number of aromatic nitrogens is 2. The Hall–Kier alpha value is -2.95. The van der Waals surface area contributed by atoms with Gasteiger partial charge in [0, 0.05) is 30.8 Å². The number of hydrogen-bond donors (Lipinski definition) is 2. The van der Waals surface area contributed by atoms with E-state index in [2.05, 4.69) is 15.0 Å². The minimum absolute atomic E-state index is 0.279. The molecule has 11 heteroatoms. The van der Waals surface area contributed by atoms with Crippen molar-refractivity contribution in [1.29, 1.82) is 0 Å². The van der Waals surface area contributed by atoms with Crippen LogP contribution < -0.4 is 11.2 Å². The van der Waals surface area contributed by atoms with Crippen molar-refractivity contribution in [2.45, 2.75) is 50.1 Å². The van der Waals surface area contributed by atoms with Crippen LogP contribution in [-0.2, 0) is 20.8 Å². The molecule has 0 spiro atoms. The maximum Gasteiger partial charge on any atom is 0.330 e. The van der Waals surface area contributed by atoms with E-state index >= 15 is 0 Å². The van der Waals surface area contributed by atoms with Crippen molar-refractivity contribution in [3.63, 3.8) is 0 Å². The van der Waals surface area contributed by atoms with Gasteiger partial charge in [0.05, 0.1) is 12.7 Å². The smallest absolute Gasteiger partial charge is 0.330 e. The number of aliphatic hydroxyl groups is 1. The zero-order chi connectivity index (χ0) is 22.2. The summed E-state index contributed by atoms with van der Waals surface area (Å²) in [5, 5.41) is 14.4. The molecule has 1 saturated heterocycles. The molecule has 166 valence electrons. The molecule has 1 unspecified atom stereocenters. The van der Waals surface area contributed by atoms with Crippen LogP contribution in [0.25, 0.3) is 10.4 Å². The number of rotatable bonds is 10. The van der Waals surface area contributed by atoms with Crippen molar-refractivity contribution in [2.24, 2.45) is 5.11 Å². The standard InChI is InChI=1S/C20H25N5O6/c1-29-18-16(27)17(31-19(18)25-11-9-15(26)23-20(25)28)14(8-5-10-22-24-21)30-12-13-6-3-2-4-7-13/h2-4,6-7,9,11,14,16-19,27H,5,8,10,12H2,1H3,(H,23,26,28)/t14?,16-,17-,18-,19-/m1/s1. The van der Waals surface area contributed by atoms with Gasteiger partial charge in [0.2, 0.25) is 0 Å². The van der Waals surface area contributed by atoms with Crippen LogP contribution >= 0.6 is 0 Å². The third-order valence-corrected chi connectivity index (χ3v) is 5.13. The van der Waals surface area contributed by atoms with E-state index in [0.717, 1.165) is 5.56 Å². The van der Waals surface area contributed by atoms with Crippen LogP contribution in [0.2, 0.25) is 0 Å². The molecule has 5 atom stereocenters. The van der Waals surface area contributed by atoms with Gasteiger partial charge in [-0.05, 0) is 23.9 Å². The van der Waals surface area contributed by atoms with Crippen LogP contribution in [-0.4, -0.2) is 52.7 Å². The number of ether oxygens (including phenoxy) is 3. The number of nitrogens with one attached hydrogen (secondary N) is 1. The van der Waals surface area contributed by atoms with Crippen molar-refractivity contribution < 1.29 is 19.3 Å². The normalized spacial score (nSPS) is 23.9. The van der Waals surface area contributed by atoms with E-state index in [1.165, 1.54) is 23.9 Å². The second kappa shape index (κ2) is 10.9. The average Bonchev–Trinajstić information content (AvgIpc) is 3.09. The predicted octanol–water partition coefficient (Wildman–Crippen LogP) is 1.49. The van der Waals surface area contributed by atoms with E-state index in [4.69, 9.17) is 19.7 Å². The minimum Gasteiger partial charge on any atom is -0.387 e. The summed E-state index contributed by atoms with van der Waals surface area (Å²) in [7, 11) is 1.41. The minimum atomic E-state index is -1.09. The third-order valence-electron chi connectivity index (χ3n) is 5.13. The second-order valence-corrected chi connectivity index (χ2v) is 7.13. The summed E-state index contributed by atoms with van der Waals surface area (Å²) in [6, 6.07) is 10.7. The highest BCUT2D eigenvalue weighted by Gasteiger charge is 2.48. The number of benzene rings is 1. The van der Waals surface area contributed by atoms with Crippen molar-refractivity contribution >= 4 is 0 Å². The zero-order valence-corrected chi connectivity index (χ0v) is 17.0. The lowest BCUT2D eigenvalue weighted by molar-refractivity contribution is -0.116. The highest BCUT2D eigenvalue weighted by Crippen LogP contribution is 2.34. The summed E-state index contributed by atoms with van der Waals surface area (Å²) >= 11 is 0. The second-order valence-electron chi connectivity index (χ2n) is 7.13. The van der Waals surface area contributed by atoms with Crippen molar-refractivity contribution in [3.8, 4) is 0 Å². The number of azide groups is 1. The highest BCUT2D eigenvalue weighted by atomic mass is 16.6. The van der Waals surface area contributed by atoms with Crippen LogP contribution in [0.5, 0.6) is 0 Å². The fraction of sp³-hybridized carbons (Fsp3) is 0.500. The quantitative estimate of drug-likeness (QED) is 0.252. The molecule has 1 aliphatic rings. The van der Waals surface area contributed by atoms with Gasteiger partial charge < -0.3 is 19.3 Å². The topological polar surface area (TPSA) is 152 Å². The predicted molar refractivity (Wildman–Crippen MR) is 110 cm³/mol. The molecule has 1 aromatic carbocycles. The molecule has 11 nitrogen and oxygen atoms in total. The van der Waals surface area contributed by atoms with E-state index in [9.17, 15) is 14.7 Å². The summed E-state index contributed by atoms with van der Waals surface area (Å²) in [6.45, 7) is 0.571. The van der Waals surface area contributed by atoms with E-state index in [-0.39, 0.29) is 6.54 Å². The number of H-pyrrole nitrogens is 1. The lowest BCUT2D eigenvalue weighted by Gasteiger charge is -2.26. The Bertz CT molecular complexity index is 1000. The maximum atomic E-state index is 12.2. The van der Waals surface area contributed by atoms with Gasteiger partial charge in [-0.15, -0.1) is 0 Å². The molecule has 1 aliphatic heterocycles. The van der Waals surface area contributed by atoms with Gasteiger partial charge in [-0.1, -0.05) is 35.4 Å². The third kappa shape index (κ3) is 5.60. The van der Waals surface area contributed by atoms with Crippen molar-refractivity contribution in [2.75, 3.05) is 13.7 Å². The summed E-state index contributed by atoms with van der Waals surface area (Å²) < 4.78 is 18.7. The summed E-state index contributed by atoms with van der Waals surface area (Å²) in [6.07, 6.45) is -1.96. The molecule has 1 fully saturated rings. The van der Waals surface area contributed by atoms with E-state index < -0.39 is 41.9 Å². The van der Waals surface area contributed by atoms with Gasteiger partial charge in [0.1, 0.15) is 18.3 Å². The molecular weight excluding hydrogens is 406 g/mol. The van der Waals surface area contributed by atoms with Crippen molar-refractivity contribution in [1.82, 2.24) is 9.55 Å². The summed E-state index contributed by atoms with van der Waals surface area (Å²) in [4.78, 5) is 28.6. The molecule has 0 radical (unpaired) electrons. The van der Waals surface area contributed by atoms with Crippen LogP contribution in [0.15, 0.2) is 57.3 Å². The Kier molecular flexibility index (Phi) is 7.99. The first kappa shape index (κ1) is 22.7. The molecule has 0 bridgehead atoms. The molecule has 0 saturated carbocycles. The Morgan fingerprint density at radius 1 is 1.32 bits per heavy atom. The summed E-state index contributed by atoms with van der Waals surface area (Å²) in [5.74, 6) is 0. The zero-order valence-electron chi connectivity index (χ0n) is 17.0. The fourth-order valence-corrected chi connectivity index (χ4v) is 3.62. The van der Waals surface area contributed by atoms with Gasteiger partial charge in [-0.25, -0.2) is 4.79 Å².